The fourth-order valence-corrected chi connectivity index (χ4v) is 30.8. The Balaban J connectivity index is 0.000000110. The van der Waals surface area contributed by atoms with Gasteiger partial charge in [0.15, 0.2) is 87.8 Å². The van der Waals surface area contributed by atoms with Crippen LogP contribution < -0.4 is 4.74 Å². The standard InChI is InChI=1S/C26H19S.C23H19OS.C21H18NS.C19H17O2S2.C18H13S.C11H15S/c1-2-14-22(15-3-1)27(25-18-8-12-20-10-4-6-16-23(20)25)26-19-9-13-21-11-5-7-17-24(21)26;1-24-22-16-17-23(21-15-9-8-14-20(21)22)25(18-10-4-2-5-11-18)19-12-6-3-7-13-19;1-22-16-21(19-14-8-9-15-20(19)22)23(17-10-4-2-5-11-17)18-12-6-3-7-13-18;1-23(20,21)19-14-12-18(13-15-19)22(16-8-4-2-5-9-16)17-10-6-3-7-11-17;1-2-8-14(9-3-1)19-17-12-6-4-10-15(17)16-11-5-7-13-18(16)19;1-3-7-11(8-4-1)12-9-5-2-6-10-12/h1-19H;2-17H,1H3;2-16H,1H3;2-15H,1H3;1-13H;1,3-4,7-8H,2,5-6,9-10H2/q6*+1. The van der Waals surface area contributed by atoms with Crippen molar-refractivity contribution in [3.05, 3.63) is 498 Å². The SMILES string of the molecule is COc1ccc([S+](c2ccccc2)c2ccccc2)c2ccccc12.CS(=O)(=O)c1ccc([S+](c2ccccc2)c2ccccc2)cc1.Cn1cc([S+](c2ccccc2)c2ccccc2)c2ccccc21.c1ccc(-[s+]2c3ccccc3c3ccccc32)cc1.c1ccc([S+](c2cccc3ccccc23)c2cccc3ccccc23)cc1.c1ccc([S+]2CCCCC2)cc1. The first kappa shape index (κ1) is 88.3. The summed E-state index contributed by atoms with van der Waals surface area (Å²) in [7, 11) is 0.688. The Morgan fingerprint density at radius 3 is 1.01 bits per heavy atom. The molecule has 1 aliphatic heterocycles. The summed E-state index contributed by atoms with van der Waals surface area (Å²) in [6.07, 6.45) is 7.86. The molecule has 11 heteroatoms. The molecule has 1 saturated heterocycles. The van der Waals surface area contributed by atoms with Crippen molar-refractivity contribution >= 4 is 138 Å². The number of benzene rings is 19. The number of hydrogen-bond acceptors (Lipinski definition) is 3. The van der Waals surface area contributed by atoms with Crippen LogP contribution in [0.1, 0.15) is 19.3 Å². The zero-order valence-corrected chi connectivity index (χ0v) is 78.1. The summed E-state index contributed by atoms with van der Waals surface area (Å²) in [4.78, 5) is 19.1. The third kappa shape index (κ3) is 21.2. The number of fused-ring (bicyclic) bond motifs is 7. The number of aryl methyl sites for hydroxylation is 1. The molecule has 3 heterocycles. The van der Waals surface area contributed by atoms with Crippen molar-refractivity contribution in [2.24, 2.45) is 7.05 Å². The van der Waals surface area contributed by atoms with Crippen molar-refractivity contribution in [3.63, 3.8) is 0 Å². The maximum absolute atomic E-state index is 11.7. The average molecular weight is 1810 g/mol. The van der Waals surface area contributed by atoms with E-state index in [-0.39, 0.29) is 54.0 Å². The van der Waals surface area contributed by atoms with Crippen molar-refractivity contribution in [3.8, 4) is 10.6 Å². The summed E-state index contributed by atoms with van der Waals surface area (Å²) in [5, 5.41) is 11.8. The second-order valence-electron chi connectivity index (χ2n) is 30.9. The van der Waals surface area contributed by atoms with Gasteiger partial charge in [-0.1, -0.05) is 279 Å². The van der Waals surface area contributed by atoms with Gasteiger partial charge in [0, 0.05) is 67.0 Å². The molecule has 0 aliphatic carbocycles. The van der Waals surface area contributed by atoms with Crippen molar-refractivity contribution in [1.82, 2.24) is 4.57 Å². The fraction of sp³-hybridized carbons (Fsp3) is 0.0678. The number of para-hydroxylation sites is 1. The summed E-state index contributed by atoms with van der Waals surface area (Å²) >= 11 is 0. The average Bonchev–Trinajstić information content (AvgIpc) is 1.64. The summed E-state index contributed by atoms with van der Waals surface area (Å²) in [6.45, 7) is 0. The van der Waals surface area contributed by atoms with Gasteiger partial charge in [-0.25, -0.2) is 8.42 Å². The van der Waals surface area contributed by atoms with E-state index in [9.17, 15) is 8.42 Å². The van der Waals surface area contributed by atoms with Crippen LogP contribution in [0.25, 0.3) is 68.3 Å². The van der Waals surface area contributed by atoms with E-state index in [1.165, 1.54) is 154 Å². The van der Waals surface area contributed by atoms with E-state index in [4.69, 9.17) is 4.74 Å². The lowest BCUT2D eigenvalue weighted by molar-refractivity contribution is 0.419. The van der Waals surface area contributed by atoms with E-state index in [2.05, 4.69) is 449 Å². The minimum absolute atomic E-state index is 0.0594. The summed E-state index contributed by atoms with van der Waals surface area (Å²) in [5.41, 5.74) is 1.28. The highest BCUT2D eigenvalue weighted by molar-refractivity contribution is 7.98. The van der Waals surface area contributed by atoms with E-state index in [0.29, 0.717) is 15.8 Å². The minimum Gasteiger partial charge on any atom is -0.496 e. The Labute approximate surface area is 776 Å². The van der Waals surface area contributed by atoms with Gasteiger partial charge in [0.1, 0.15) is 39.0 Å². The smallest absolute Gasteiger partial charge is 0.191 e. The fourth-order valence-electron chi connectivity index (χ4n) is 16.4. The number of thiophene rings is 1. The van der Waals surface area contributed by atoms with E-state index in [1.807, 2.05) is 48.5 Å². The molecule has 0 spiro atoms. The van der Waals surface area contributed by atoms with E-state index < -0.39 is 9.84 Å². The Kier molecular flexibility index (Phi) is 29.7. The van der Waals surface area contributed by atoms with E-state index in [0.717, 1.165) is 16.0 Å². The van der Waals surface area contributed by atoms with Crippen LogP contribution in [-0.2, 0) is 71.4 Å². The van der Waals surface area contributed by atoms with Crippen LogP contribution >= 0.6 is 10.5 Å². The highest BCUT2D eigenvalue weighted by Gasteiger charge is 2.36. The summed E-state index contributed by atoms with van der Waals surface area (Å²) < 4.78 is 34.0. The van der Waals surface area contributed by atoms with Crippen molar-refractivity contribution in [2.45, 2.75) is 87.8 Å². The molecule has 19 aromatic carbocycles. The highest BCUT2D eigenvalue weighted by Crippen LogP contribution is 2.49. The molecule has 21 aromatic rings. The molecule has 0 radical (unpaired) electrons. The van der Waals surface area contributed by atoms with Gasteiger partial charge < -0.3 is 9.30 Å². The monoisotopic (exact) mass is 1800 g/mol. The number of rotatable bonds is 16. The molecule has 0 unspecified atom stereocenters. The molecular weight excluding hydrogens is 1700 g/mol. The summed E-state index contributed by atoms with van der Waals surface area (Å²) in [6, 6.07) is 173. The van der Waals surface area contributed by atoms with Crippen molar-refractivity contribution in [1.29, 1.82) is 0 Å². The molecule has 0 saturated carbocycles. The first-order valence-corrected chi connectivity index (χ1v) is 53.1. The summed E-state index contributed by atoms with van der Waals surface area (Å²) in [5.74, 6) is 3.79. The predicted octanol–water partition coefficient (Wildman–Crippen LogP) is 31.1. The molecule has 0 bridgehead atoms. The minimum atomic E-state index is -3.17. The van der Waals surface area contributed by atoms with Crippen LogP contribution in [0.2, 0.25) is 0 Å². The third-order valence-corrected chi connectivity index (χ3v) is 37.6. The Morgan fingerprint density at radius 1 is 0.264 bits per heavy atom. The van der Waals surface area contributed by atoms with Gasteiger partial charge in [0.25, 0.3) is 0 Å². The molecule has 4 nitrogen and oxygen atoms in total. The lowest BCUT2D eigenvalue weighted by atomic mass is 10.1. The molecule has 0 atom stereocenters. The number of ether oxygens (including phenoxy) is 1. The normalized spacial score (nSPS) is 12.0. The van der Waals surface area contributed by atoms with Gasteiger partial charge >= 0.3 is 0 Å². The first-order chi connectivity index (χ1) is 63.6. The lowest BCUT2D eigenvalue weighted by Crippen LogP contribution is -2.17. The molecule has 1 fully saturated rings. The van der Waals surface area contributed by atoms with Crippen LogP contribution in [0.5, 0.6) is 5.75 Å². The second-order valence-corrected chi connectivity index (χ2v) is 45.2. The van der Waals surface area contributed by atoms with Crippen molar-refractivity contribution in [2.75, 3.05) is 24.9 Å². The number of sulfone groups is 1. The molecular formula is C118H101NO3S7+6. The zero-order chi connectivity index (χ0) is 87.9. The van der Waals surface area contributed by atoms with Gasteiger partial charge in [0.05, 0.1) is 50.9 Å². The second kappa shape index (κ2) is 43.3. The molecule has 2 aromatic heterocycles. The van der Waals surface area contributed by atoms with Crippen molar-refractivity contribution < 1.29 is 13.2 Å². The number of nitrogens with zero attached hydrogens (tertiary/aromatic N) is 1. The highest BCUT2D eigenvalue weighted by atomic mass is 32.2. The maximum atomic E-state index is 11.7. The third-order valence-electron chi connectivity index (χ3n) is 22.5. The quantitative estimate of drug-likeness (QED) is 0.0906. The van der Waals surface area contributed by atoms with Gasteiger partial charge in [-0.15, -0.1) is 0 Å². The van der Waals surface area contributed by atoms with Gasteiger partial charge in [0.2, 0.25) is 0 Å². The number of aromatic nitrogens is 1. The molecule has 22 rings (SSSR count). The van der Waals surface area contributed by atoms with Crippen LogP contribution in [-0.4, -0.2) is 37.9 Å². The molecule has 632 valence electrons. The first-order valence-electron chi connectivity index (χ1n) is 43.5. The number of hydrogen-bond donors (Lipinski definition) is 0. The molecule has 0 amide bonds. The maximum Gasteiger partial charge on any atom is 0.191 e. The van der Waals surface area contributed by atoms with Gasteiger partial charge in [-0.05, 0) is 242 Å². The van der Waals surface area contributed by atoms with Gasteiger partial charge in [-0.3, -0.25) is 0 Å². The molecule has 1 aliphatic rings. The van der Waals surface area contributed by atoms with Gasteiger partial charge in [-0.2, -0.15) is 0 Å². The Morgan fingerprint density at radius 2 is 0.581 bits per heavy atom. The van der Waals surface area contributed by atoms with Crippen LogP contribution in [0, 0.1) is 0 Å². The zero-order valence-electron chi connectivity index (χ0n) is 72.4. The van der Waals surface area contributed by atoms with Crippen LogP contribution in [0.3, 0.4) is 0 Å². The topological polar surface area (TPSA) is 48.3 Å². The van der Waals surface area contributed by atoms with E-state index in [1.54, 1.807) is 24.1 Å². The molecule has 129 heavy (non-hydrogen) atoms. The predicted molar refractivity (Wildman–Crippen MR) is 556 cm³/mol. The van der Waals surface area contributed by atoms with E-state index >= 15 is 0 Å². The lowest BCUT2D eigenvalue weighted by Gasteiger charge is -2.12. The Bertz CT molecular complexity index is 7030. The van der Waals surface area contributed by atoms with Crippen LogP contribution in [0.15, 0.2) is 566 Å². The largest absolute Gasteiger partial charge is 0.496 e. The number of methoxy groups -OCH3 is 1. The van der Waals surface area contributed by atoms with Crippen LogP contribution in [0.4, 0.5) is 0 Å². The Hall–Kier alpha value is -12.8. The molecule has 0 N–H and O–H groups in total.